The van der Waals surface area contributed by atoms with E-state index in [0.717, 1.165) is 5.69 Å². The summed E-state index contributed by atoms with van der Waals surface area (Å²) in [5.74, 6) is -0.624. The summed E-state index contributed by atoms with van der Waals surface area (Å²) in [6.45, 7) is 3.91. The van der Waals surface area contributed by atoms with Gasteiger partial charge in [-0.15, -0.1) is 11.3 Å². The van der Waals surface area contributed by atoms with Crippen LogP contribution in [0.1, 0.15) is 45.0 Å². The Hall–Kier alpha value is -2.54. The third-order valence-corrected chi connectivity index (χ3v) is 5.00. The average Bonchev–Trinajstić information content (AvgIpc) is 2.99. The first-order chi connectivity index (χ1) is 12.0. The lowest BCUT2D eigenvalue weighted by molar-refractivity contribution is -0.142. The molecule has 6 nitrogen and oxygen atoms in total. The zero-order chi connectivity index (χ0) is 18.0. The Morgan fingerprint density at radius 2 is 2.16 bits per heavy atom. The minimum absolute atomic E-state index is 0.0384. The standard InChI is InChI=1S/C18H18N2O4S/c1-3-24-15(21)8-14-20-13-7-6-12(17(23)18(13)25-14)16(22)11-5-4-10(2)19-9-11/h4-5,9,22H,3,6-8H2,1-2H3. The third-order valence-electron chi connectivity index (χ3n) is 3.91. The molecule has 7 heteroatoms. The van der Waals surface area contributed by atoms with Crippen LogP contribution in [0.5, 0.6) is 0 Å². The van der Waals surface area contributed by atoms with Crippen molar-refractivity contribution in [2.24, 2.45) is 0 Å². The maximum Gasteiger partial charge on any atom is 0.312 e. The Labute approximate surface area is 149 Å². The van der Waals surface area contributed by atoms with Crippen molar-refractivity contribution in [3.05, 3.63) is 50.7 Å². The smallest absolute Gasteiger partial charge is 0.312 e. The van der Waals surface area contributed by atoms with Gasteiger partial charge in [-0.05, 0) is 38.8 Å². The van der Waals surface area contributed by atoms with Crippen molar-refractivity contribution in [3.8, 4) is 0 Å². The predicted octanol–water partition coefficient (Wildman–Crippen LogP) is 3.05. The maximum absolute atomic E-state index is 12.7. The van der Waals surface area contributed by atoms with Crippen LogP contribution < -0.4 is 0 Å². The number of aliphatic hydroxyl groups excluding tert-OH is 1. The van der Waals surface area contributed by atoms with Gasteiger partial charge in [0.1, 0.15) is 10.8 Å². The number of carbonyl (C=O) groups excluding carboxylic acids is 2. The number of fused-ring (bicyclic) bond motifs is 1. The maximum atomic E-state index is 12.7. The van der Waals surface area contributed by atoms with Crippen LogP contribution in [0.3, 0.4) is 0 Å². The lowest BCUT2D eigenvalue weighted by Gasteiger charge is -2.14. The number of ether oxygens (including phenoxy) is 1. The lowest BCUT2D eigenvalue weighted by Crippen LogP contribution is -2.14. The Morgan fingerprint density at radius 1 is 1.36 bits per heavy atom. The van der Waals surface area contributed by atoms with Gasteiger partial charge in [0.2, 0.25) is 5.78 Å². The highest BCUT2D eigenvalue weighted by Gasteiger charge is 2.29. The molecule has 0 radical (unpaired) electrons. The number of aryl methyl sites for hydroxylation is 2. The molecule has 0 unspecified atom stereocenters. The average molecular weight is 358 g/mol. The van der Waals surface area contributed by atoms with E-state index in [1.54, 1.807) is 25.3 Å². The number of aromatic nitrogens is 2. The summed E-state index contributed by atoms with van der Waals surface area (Å²) in [6.07, 6.45) is 2.58. The van der Waals surface area contributed by atoms with E-state index >= 15 is 0 Å². The minimum atomic E-state index is -0.356. The van der Waals surface area contributed by atoms with Crippen LogP contribution in [0, 0.1) is 6.92 Å². The first-order valence-corrected chi connectivity index (χ1v) is 8.85. The van der Waals surface area contributed by atoms with Crippen LogP contribution >= 0.6 is 11.3 Å². The van der Waals surface area contributed by atoms with Gasteiger partial charge < -0.3 is 9.84 Å². The molecule has 0 aliphatic heterocycles. The zero-order valence-corrected chi connectivity index (χ0v) is 14.9. The summed E-state index contributed by atoms with van der Waals surface area (Å²) in [7, 11) is 0. The summed E-state index contributed by atoms with van der Waals surface area (Å²) in [5, 5.41) is 11.0. The molecule has 0 fully saturated rings. The van der Waals surface area contributed by atoms with Crippen LogP contribution in [0.25, 0.3) is 5.76 Å². The number of nitrogens with zero attached hydrogens (tertiary/aromatic N) is 2. The van der Waals surface area contributed by atoms with Crippen LogP contribution in [-0.4, -0.2) is 33.4 Å². The van der Waals surface area contributed by atoms with Gasteiger partial charge in [-0.1, -0.05) is 0 Å². The first kappa shape index (κ1) is 17.3. The fourth-order valence-electron chi connectivity index (χ4n) is 2.66. The number of rotatable bonds is 4. The van der Waals surface area contributed by atoms with Gasteiger partial charge in [-0.3, -0.25) is 14.6 Å². The second-order valence-electron chi connectivity index (χ2n) is 5.71. The molecule has 0 spiro atoms. The molecule has 3 rings (SSSR count). The molecule has 1 N–H and O–H groups in total. The molecule has 1 aliphatic carbocycles. The van der Waals surface area contributed by atoms with E-state index in [4.69, 9.17) is 4.74 Å². The highest BCUT2D eigenvalue weighted by Crippen LogP contribution is 2.33. The highest BCUT2D eigenvalue weighted by molar-refractivity contribution is 7.14. The number of esters is 1. The van der Waals surface area contributed by atoms with E-state index in [1.807, 2.05) is 6.92 Å². The van der Waals surface area contributed by atoms with Gasteiger partial charge in [0.15, 0.2) is 0 Å². The van der Waals surface area contributed by atoms with Crippen molar-refractivity contribution in [2.45, 2.75) is 33.1 Å². The van der Waals surface area contributed by atoms with E-state index in [1.165, 1.54) is 11.3 Å². The number of hydrogen-bond donors (Lipinski definition) is 1. The fraction of sp³-hybridized carbons (Fsp3) is 0.333. The van der Waals surface area contributed by atoms with E-state index in [9.17, 15) is 14.7 Å². The molecular weight excluding hydrogens is 340 g/mol. The fourth-order valence-corrected chi connectivity index (χ4v) is 3.72. The number of hydrogen-bond acceptors (Lipinski definition) is 7. The number of Topliss-reactive ketones (excluding diaryl/α,β-unsaturated/α-hetero) is 1. The van der Waals surface area contributed by atoms with Crippen molar-refractivity contribution in [1.29, 1.82) is 0 Å². The molecule has 0 aromatic carbocycles. The van der Waals surface area contributed by atoms with Gasteiger partial charge in [0.25, 0.3) is 0 Å². The van der Waals surface area contributed by atoms with E-state index in [-0.39, 0.29) is 23.9 Å². The second kappa shape index (κ2) is 7.14. The number of pyridine rings is 1. The molecule has 0 bridgehead atoms. The van der Waals surface area contributed by atoms with Crippen molar-refractivity contribution in [1.82, 2.24) is 9.97 Å². The minimum Gasteiger partial charge on any atom is -0.507 e. The monoisotopic (exact) mass is 358 g/mol. The molecule has 130 valence electrons. The van der Waals surface area contributed by atoms with E-state index < -0.39 is 0 Å². The summed E-state index contributed by atoms with van der Waals surface area (Å²) < 4.78 is 4.92. The number of ketones is 1. The van der Waals surface area contributed by atoms with Gasteiger partial charge in [0.05, 0.1) is 23.6 Å². The first-order valence-electron chi connectivity index (χ1n) is 8.03. The van der Waals surface area contributed by atoms with E-state index in [2.05, 4.69) is 9.97 Å². The molecule has 0 amide bonds. The second-order valence-corrected chi connectivity index (χ2v) is 6.79. The molecule has 1 aliphatic rings. The molecule has 25 heavy (non-hydrogen) atoms. The van der Waals surface area contributed by atoms with Crippen LogP contribution in [-0.2, 0) is 22.4 Å². The largest absolute Gasteiger partial charge is 0.507 e. The quantitative estimate of drug-likeness (QED) is 0.513. The van der Waals surface area contributed by atoms with Crippen molar-refractivity contribution in [2.75, 3.05) is 6.61 Å². The topological polar surface area (TPSA) is 89.4 Å². The molecule has 0 saturated heterocycles. The molecule has 0 saturated carbocycles. The normalized spacial score (nSPS) is 15.7. The predicted molar refractivity (Wildman–Crippen MR) is 93.6 cm³/mol. The van der Waals surface area contributed by atoms with Gasteiger partial charge in [-0.25, -0.2) is 4.98 Å². The van der Waals surface area contributed by atoms with Crippen LogP contribution in [0.4, 0.5) is 0 Å². The van der Waals surface area contributed by atoms with Crippen molar-refractivity contribution >= 4 is 28.8 Å². The SMILES string of the molecule is CCOC(=O)Cc1nc2c(s1)C(=O)C(=C(O)c1ccc(C)nc1)CC2. The molecule has 0 atom stereocenters. The molecule has 2 aromatic heterocycles. The summed E-state index contributed by atoms with van der Waals surface area (Å²) in [6, 6.07) is 3.53. The molecular formula is C18H18N2O4S. The Morgan fingerprint density at radius 3 is 2.84 bits per heavy atom. The van der Waals surface area contributed by atoms with Crippen molar-refractivity contribution in [3.63, 3.8) is 0 Å². The van der Waals surface area contributed by atoms with Gasteiger partial charge in [-0.2, -0.15) is 0 Å². The van der Waals surface area contributed by atoms with Gasteiger partial charge in [0, 0.05) is 23.0 Å². The number of allylic oxidation sites excluding steroid dienone is 1. The number of thiazole rings is 1. The summed E-state index contributed by atoms with van der Waals surface area (Å²) in [4.78, 5) is 33.4. The Bertz CT molecular complexity index is 852. The third kappa shape index (κ3) is 3.61. The summed E-state index contributed by atoms with van der Waals surface area (Å²) in [5.41, 5.74) is 2.41. The Balaban J connectivity index is 1.88. The van der Waals surface area contributed by atoms with Crippen LogP contribution in [0.2, 0.25) is 0 Å². The summed E-state index contributed by atoms with van der Waals surface area (Å²) >= 11 is 1.19. The zero-order valence-electron chi connectivity index (χ0n) is 14.0. The lowest BCUT2D eigenvalue weighted by atomic mass is 9.93. The van der Waals surface area contributed by atoms with Gasteiger partial charge >= 0.3 is 5.97 Å². The van der Waals surface area contributed by atoms with E-state index in [0.29, 0.717) is 46.2 Å². The van der Waals surface area contributed by atoms with Crippen LogP contribution in [0.15, 0.2) is 23.9 Å². The number of aliphatic hydroxyl groups is 1. The van der Waals surface area contributed by atoms with Crippen molar-refractivity contribution < 1.29 is 19.4 Å². The Kier molecular flexibility index (Phi) is 4.94. The highest BCUT2D eigenvalue weighted by atomic mass is 32.1. The molecule has 2 heterocycles. The molecule has 2 aromatic rings. The number of carbonyl (C=O) groups is 2.